The van der Waals surface area contributed by atoms with Crippen molar-refractivity contribution in [3.8, 4) is 5.75 Å². The second kappa shape index (κ2) is 4.29. The number of benzene rings is 1. The Morgan fingerprint density at radius 2 is 1.93 bits per heavy atom. The lowest BCUT2D eigenvalue weighted by Crippen LogP contribution is -2.17. The van der Waals surface area contributed by atoms with Crippen LogP contribution in [0.15, 0.2) is 24.3 Å². The quantitative estimate of drug-likeness (QED) is 0.773. The SMILES string of the molecule is O=S1(=O)CCC(Oc2ccc(I)cc2)C1. The van der Waals surface area contributed by atoms with Gasteiger partial charge < -0.3 is 4.74 Å². The molecule has 1 fully saturated rings. The predicted molar refractivity (Wildman–Crippen MR) is 66.8 cm³/mol. The van der Waals surface area contributed by atoms with Gasteiger partial charge in [0.05, 0.1) is 11.5 Å². The van der Waals surface area contributed by atoms with E-state index in [4.69, 9.17) is 4.74 Å². The lowest BCUT2D eigenvalue weighted by molar-refractivity contribution is 0.229. The molecule has 0 amide bonds. The van der Waals surface area contributed by atoms with Crippen LogP contribution in [0.4, 0.5) is 0 Å². The lowest BCUT2D eigenvalue weighted by Gasteiger charge is -2.11. The number of hydrogen-bond donors (Lipinski definition) is 0. The molecule has 1 atom stereocenters. The van der Waals surface area contributed by atoms with Crippen molar-refractivity contribution in [3.63, 3.8) is 0 Å². The maximum atomic E-state index is 11.2. The molecule has 1 aromatic carbocycles. The Labute approximate surface area is 103 Å². The minimum Gasteiger partial charge on any atom is -0.489 e. The smallest absolute Gasteiger partial charge is 0.154 e. The molecule has 0 bridgehead atoms. The van der Waals surface area contributed by atoms with E-state index in [9.17, 15) is 8.42 Å². The van der Waals surface area contributed by atoms with Crippen LogP contribution in [0.3, 0.4) is 0 Å². The Balaban J connectivity index is 2.02. The highest BCUT2D eigenvalue weighted by molar-refractivity contribution is 14.1. The first-order chi connectivity index (χ1) is 7.05. The highest BCUT2D eigenvalue weighted by atomic mass is 127. The van der Waals surface area contributed by atoms with Gasteiger partial charge in [-0.05, 0) is 53.3 Å². The van der Waals surface area contributed by atoms with Crippen molar-refractivity contribution in [2.24, 2.45) is 0 Å². The molecule has 1 aromatic rings. The Kier molecular flexibility index (Phi) is 3.20. The van der Waals surface area contributed by atoms with E-state index >= 15 is 0 Å². The maximum Gasteiger partial charge on any atom is 0.154 e. The van der Waals surface area contributed by atoms with Crippen molar-refractivity contribution >= 4 is 32.4 Å². The second-order valence-electron chi connectivity index (χ2n) is 3.60. The first-order valence-electron chi connectivity index (χ1n) is 4.68. The zero-order chi connectivity index (χ0) is 10.9. The number of hydrogen-bond acceptors (Lipinski definition) is 3. The molecule has 0 spiro atoms. The van der Waals surface area contributed by atoms with Crippen LogP contribution < -0.4 is 4.74 Å². The van der Waals surface area contributed by atoms with Gasteiger partial charge in [-0.3, -0.25) is 0 Å². The standard InChI is InChI=1S/C10H11IO3S/c11-8-1-3-9(4-2-8)14-10-5-6-15(12,13)7-10/h1-4,10H,5-7H2. The van der Waals surface area contributed by atoms with Gasteiger partial charge in [0, 0.05) is 3.57 Å². The summed E-state index contributed by atoms with van der Waals surface area (Å²) in [7, 11) is -2.85. The fourth-order valence-corrected chi connectivity index (χ4v) is 3.51. The summed E-state index contributed by atoms with van der Waals surface area (Å²) >= 11 is 2.22. The first kappa shape index (κ1) is 11.2. The summed E-state index contributed by atoms with van der Waals surface area (Å²) in [6, 6.07) is 7.62. The molecule has 1 saturated heterocycles. The van der Waals surface area contributed by atoms with Gasteiger partial charge in [0.1, 0.15) is 11.9 Å². The van der Waals surface area contributed by atoms with Crippen molar-refractivity contribution in [1.82, 2.24) is 0 Å². The summed E-state index contributed by atoms with van der Waals surface area (Å²) in [4.78, 5) is 0. The van der Waals surface area contributed by atoms with Gasteiger partial charge >= 0.3 is 0 Å². The minimum atomic E-state index is -2.85. The molecule has 1 unspecified atom stereocenters. The van der Waals surface area contributed by atoms with Gasteiger partial charge in [0.15, 0.2) is 9.84 Å². The zero-order valence-corrected chi connectivity index (χ0v) is 11.0. The minimum absolute atomic E-state index is 0.152. The van der Waals surface area contributed by atoms with Crippen LogP contribution in [0.5, 0.6) is 5.75 Å². The van der Waals surface area contributed by atoms with Gasteiger partial charge in [-0.2, -0.15) is 0 Å². The number of halogens is 1. The highest BCUT2D eigenvalue weighted by Crippen LogP contribution is 2.20. The van der Waals surface area contributed by atoms with Crippen molar-refractivity contribution < 1.29 is 13.2 Å². The van der Waals surface area contributed by atoms with Crippen molar-refractivity contribution in [3.05, 3.63) is 27.8 Å². The van der Waals surface area contributed by atoms with Crippen LogP contribution >= 0.6 is 22.6 Å². The van der Waals surface area contributed by atoms with Crippen molar-refractivity contribution in [2.45, 2.75) is 12.5 Å². The Morgan fingerprint density at radius 1 is 1.27 bits per heavy atom. The monoisotopic (exact) mass is 338 g/mol. The van der Waals surface area contributed by atoms with Crippen molar-refractivity contribution in [1.29, 1.82) is 0 Å². The summed E-state index contributed by atoms with van der Waals surface area (Å²) in [6.45, 7) is 0. The van der Waals surface area contributed by atoms with Crippen LogP contribution in [0, 0.1) is 3.57 Å². The molecule has 0 radical (unpaired) electrons. The summed E-state index contributed by atoms with van der Waals surface area (Å²) in [6.07, 6.45) is 0.434. The third kappa shape index (κ3) is 3.07. The second-order valence-corrected chi connectivity index (χ2v) is 7.07. The fourth-order valence-electron chi connectivity index (χ4n) is 1.56. The third-order valence-electron chi connectivity index (χ3n) is 2.31. The van der Waals surface area contributed by atoms with E-state index in [-0.39, 0.29) is 17.6 Å². The summed E-state index contributed by atoms with van der Waals surface area (Å²) in [5, 5.41) is 0. The van der Waals surface area contributed by atoms with Crippen LogP contribution in [0.2, 0.25) is 0 Å². The number of rotatable bonds is 2. The van der Waals surface area contributed by atoms with E-state index in [0.717, 1.165) is 9.32 Å². The van der Waals surface area contributed by atoms with Crippen LogP contribution in [0.1, 0.15) is 6.42 Å². The Hall–Kier alpha value is -0.300. The molecule has 0 N–H and O–H groups in total. The van der Waals surface area contributed by atoms with E-state index in [1.165, 1.54) is 0 Å². The van der Waals surface area contributed by atoms with E-state index in [0.29, 0.717) is 6.42 Å². The molecule has 3 nitrogen and oxygen atoms in total. The highest BCUT2D eigenvalue weighted by Gasteiger charge is 2.29. The predicted octanol–water partition coefficient (Wildman–Crippen LogP) is 1.86. The van der Waals surface area contributed by atoms with E-state index in [1.807, 2.05) is 24.3 Å². The Bertz CT molecular complexity index is 438. The lowest BCUT2D eigenvalue weighted by atomic mass is 10.3. The van der Waals surface area contributed by atoms with E-state index < -0.39 is 9.84 Å². The summed E-state index contributed by atoms with van der Waals surface area (Å²) in [5.41, 5.74) is 0. The number of sulfone groups is 1. The average molecular weight is 338 g/mol. The maximum absolute atomic E-state index is 11.2. The molecule has 0 aromatic heterocycles. The molecule has 15 heavy (non-hydrogen) atoms. The van der Waals surface area contributed by atoms with Crippen LogP contribution in [-0.4, -0.2) is 26.0 Å². The molecular formula is C10H11IO3S. The van der Waals surface area contributed by atoms with Gasteiger partial charge in [-0.25, -0.2) is 8.42 Å². The van der Waals surface area contributed by atoms with Crippen LogP contribution in [-0.2, 0) is 9.84 Å². The topological polar surface area (TPSA) is 43.4 Å². The summed E-state index contributed by atoms with van der Waals surface area (Å²) in [5.74, 6) is 1.15. The molecular weight excluding hydrogens is 327 g/mol. The molecule has 1 heterocycles. The molecule has 82 valence electrons. The van der Waals surface area contributed by atoms with Gasteiger partial charge in [0.25, 0.3) is 0 Å². The van der Waals surface area contributed by atoms with E-state index in [1.54, 1.807) is 0 Å². The average Bonchev–Trinajstić information content (AvgIpc) is 2.50. The van der Waals surface area contributed by atoms with E-state index in [2.05, 4.69) is 22.6 Å². The summed E-state index contributed by atoms with van der Waals surface area (Å²) < 4.78 is 29.1. The Morgan fingerprint density at radius 3 is 2.47 bits per heavy atom. The third-order valence-corrected chi connectivity index (χ3v) is 4.76. The molecule has 2 rings (SSSR count). The first-order valence-corrected chi connectivity index (χ1v) is 7.58. The van der Waals surface area contributed by atoms with Crippen LogP contribution in [0.25, 0.3) is 0 Å². The fraction of sp³-hybridized carbons (Fsp3) is 0.400. The largest absolute Gasteiger partial charge is 0.489 e. The normalized spacial score (nSPS) is 23.9. The van der Waals surface area contributed by atoms with Crippen molar-refractivity contribution in [2.75, 3.05) is 11.5 Å². The molecule has 0 aliphatic carbocycles. The number of ether oxygens (including phenoxy) is 1. The molecule has 5 heteroatoms. The molecule has 0 saturated carbocycles. The van der Waals surface area contributed by atoms with Gasteiger partial charge in [0.2, 0.25) is 0 Å². The molecule has 1 aliphatic heterocycles. The molecule has 1 aliphatic rings. The van der Waals surface area contributed by atoms with Gasteiger partial charge in [-0.15, -0.1) is 0 Å². The van der Waals surface area contributed by atoms with Gasteiger partial charge in [-0.1, -0.05) is 0 Å². The zero-order valence-electron chi connectivity index (χ0n) is 8.02.